The summed E-state index contributed by atoms with van der Waals surface area (Å²) in [7, 11) is 4.38. The van der Waals surface area contributed by atoms with Crippen molar-refractivity contribution in [3.05, 3.63) is 59.2 Å². The molecule has 0 fully saturated rings. The third-order valence-corrected chi connectivity index (χ3v) is 4.64. The number of benzene rings is 2. The normalized spacial score (nSPS) is 13.3. The Morgan fingerprint density at radius 3 is 2.55 bits per heavy atom. The molecule has 3 rings (SSSR count). The number of carbonyl (C=O) groups is 2. The summed E-state index contributed by atoms with van der Waals surface area (Å²) in [5.41, 5.74) is 2.00. The Labute approximate surface area is 169 Å². The molecular weight excluding hydrogens is 374 g/mol. The van der Waals surface area contributed by atoms with Gasteiger partial charge in [-0.1, -0.05) is 24.3 Å². The van der Waals surface area contributed by atoms with Gasteiger partial charge >= 0.3 is 5.97 Å². The van der Waals surface area contributed by atoms with E-state index < -0.39 is 12.0 Å². The number of nitrogens with one attached hydrogen (secondary N) is 1. The molecule has 1 aliphatic rings. The first-order valence-corrected chi connectivity index (χ1v) is 9.07. The first-order chi connectivity index (χ1) is 14.0. The van der Waals surface area contributed by atoms with E-state index >= 15 is 0 Å². The van der Waals surface area contributed by atoms with Crippen LogP contribution in [0.4, 0.5) is 0 Å². The summed E-state index contributed by atoms with van der Waals surface area (Å²) in [6, 6.07) is 12.1. The van der Waals surface area contributed by atoms with E-state index in [9.17, 15) is 9.59 Å². The minimum absolute atomic E-state index is 0.0253. The Morgan fingerprint density at radius 2 is 1.83 bits per heavy atom. The van der Waals surface area contributed by atoms with E-state index in [1.54, 1.807) is 31.4 Å². The number of hydrogen-bond donors (Lipinski definition) is 1. The fourth-order valence-corrected chi connectivity index (χ4v) is 3.07. The summed E-state index contributed by atoms with van der Waals surface area (Å²) in [5, 5.41) is 2.90. The maximum Gasteiger partial charge on any atom is 0.307 e. The molecule has 0 aliphatic carbocycles. The van der Waals surface area contributed by atoms with Crippen molar-refractivity contribution < 1.29 is 28.5 Å². The lowest BCUT2D eigenvalue weighted by Gasteiger charge is -2.22. The van der Waals surface area contributed by atoms with E-state index in [4.69, 9.17) is 18.9 Å². The van der Waals surface area contributed by atoms with Gasteiger partial charge in [-0.05, 0) is 29.8 Å². The Hall–Kier alpha value is -3.48. The van der Waals surface area contributed by atoms with Gasteiger partial charge in [0.2, 0.25) is 0 Å². The standard InChI is InChI=1S/C22H23NO6/c1-26-19-9-8-14(11-20(19)27-2)17(12-21(24)28-3)23-22(25)16-10-15-6-4-5-7-18(15)29-13-16/h4-11,17H,12-13H2,1-3H3,(H,23,25)/t17-/m1/s1. The molecule has 0 aromatic heterocycles. The summed E-state index contributed by atoms with van der Waals surface area (Å²) < 4.78 is 21.0. The van der Waals surface area contributed by atoms with Gasteiger partial charge in [-0.25, -0.2) is 0 Å². The van der Waals surface area contributed by atoms with Crippen LogP contribution < -0.4 is 19.5 Å². The summed E-state index contributed by atoms with van der Waals surface area (Å²) in [4.78, 5) is 24.8. The molecular formula is C22H23NO6. The summed E-state index contributed by atoms with van der Waals surface area (Å²) >= 11 is 0. The highest BCUT2D eigenvalue weighted by molar-refractivity contribution is 5.99. The van der Waals surface area contributed by atoms with Crippen LogP contribution in [0.1, 0.15) is 23.6 Å². The molecule has 7 heteroatoms. The van der Waals surface area contributed by atoms with Crippen LogP contribution in [0.5, 0.6) is 17.2 Å². The highest BCUT2D eigenvalue weighted by Crippen LogP contribution is 2.32. The predicted molar refractivity (Wildman–Crippen MR) is 107 cm³/mol. The molecule has 0 unspecified atom stereocenters. The zero-order valence-electron chi connectivity index (χ0n) is 16.6. The highest BCUT2D eigenvalue weighted by atomic mass is 16.5. The van der Waals surface area contributed by atoms with Crippen molar-refractivity contribution in [3.8, 4) is 17.2 Å². The van der Waals surface area contributed by atoms with Gasteiger partial charge in [-0.3, -0.25) is 9.59 Å². The molecule has 0 spiro atoms. The van der Waals surface area contributed by atoms with Crippen LogP contribution in [-0.2, 0) is 14.3 Å². The number of fused-ring (bicyclic) bond motifs is 1. The van der Waals surface area contributed by atoms with Crippen molar-refractivity contribution in [3.63, 3.8) is 0 Å². The van der Waals surface area contributed by atoms with Crippen LogP contribution >= 0.6 is 0 Å². The molecule has 1 heterocycles. The number of rotatable bonds is 7. The summed E-state index contributed by atoms with van der Waals surface area (Å²) in [6.45, 7) is 0.153. The van der Waals surface area contributed by atoms with Gasteiger partial charge in [-0.15, -0.1) is 0 Å². The zero-order chi connectivity index (χ0) is 20.8. The van der Waals surface area contributed by atoms with E-state index in [2.05, 4.69) is 5.32 Å². The molecule has 0 saturated heterocycles. The Balaban J connectivity index is 1.85. The third kappa shape index (κ3) is 4.68. The number of methoxy groups -OCH3 is 3. The molecule has 1 amide bonds. The first kappa shape index (κ1) is 20.3. The second kappa shape index (κ2) is 9.14. The number of hydrogen-bond acceptors (Lipinski definition) is 6. The van der Waals surface area contributed by atoms with Crippen molar-refractivity contribution in [2.24, 2.45) is 0 Å². The molecule has 1 aliphatic heterocycles. The van der Waals surface area contributed by atoms with Crippen molar-refractivity contribution in [2.45, 2.75) is 12.5 Å². The average molecular weight is 397 g/mol. The molecule has 152 valence electrons. The highest BCUT2D eigenvalue weighted by Gasteiger charge is 2.24. The number of carbonyl (C=O) groups excluding carboxylic acids is 2. The minimum Gasteiger partial charge on any atom is -0.493 e. The molecule has 0 saturated carbocycles. The topological polar surface area (TPSA) is 83.1 Å². The number of esters is 1. The van der Waals surface area contributed by atoms with E-state index in [0.29, 0.717) is 22.6 Å². The fraction of sp³-hybridized carbons (Fsp3) is 0.273. The molecule has 0 bridgehead atoms. The quantitative estimate of drug-likeness (QED) is 0.724. The van der Waals surface area contributed by atoms with Crippen LogP contribution in [-0.4, -0.2) is 39.8 Å². The number of para-hydroxylation sites is 1. The Bertz CT molecular complexity index is 937. The average Bonchev–Trinajstić information content (AvgIpc) is 2.77. The second-order valence-corrected chi connectivity index (χ2v) is 6.42. The zero-order valence-corrected chi connectivity index (χ0v) is 16.6. The monoisotopic (exact) mass is 397 g/mol. The van der Waals surface area contributed by atoms with Crippen LogP contribution in [0.15, 0.2) is 48.0 Å². The van der Waals surface area contributed by atoms with Crippen LogP contribution in [0.25, 0.3) is 6.08 Å². The van der Waals surface area contributed by atoms with E-state index in [1.807, 2.05) is 24.3 Å². The van der Waals surface area contributed by atoms with Gasteiger partial charge in [0.15, 0.2) is 11.5 Å². The largest absolute Gasteiger partial charge is 0.493 e. The SMILES string of the molecule is COC(=O)C[C@@H](NC(=O)C1=Cc2ccccc2OC1)c1ccc(OC)c(OC)c1. The lowest BCUT2D eigenvalue weighted by Crippen LogP contribution is -2.33. The maximum atomic E-state index is 12.9. The minimum atomic E-state index is -0.604. The van der Waals surface area contributed by atoms with Gasteiger partial charge in [0.1, 0.15) is 12.4 Å². The Kier molecular flexibility index (Phi) is 6.39. The van der Waals surface area contributed by atoms with E-state index in [0.717, 1.165) is 11.3 Å². The lowest BCUT2D eigenvalue weighted by molar-refractivity contribution is -0.141. The van der Waals surface area contributed by atoms with Gasteiger partial charge in [0, 0.05) is 5.56 Å². The maximum absolute atomic E-state index is 12.9. The van der Waals surface area contributed by atoms with Gasteiger partial charge in [0.25, 0.3) is 5.91 Å². The second-order valence-electron chi connectivity index (χ2n) is 6.42. The van der Waals surface area contributed by atoms with Gasteiger partial charge in [0.05, 0.1) is 39.4 Å². The van der Waals surface area contributed by atoms with Crippen LogP contribution in [0, 0.1) is 0 Å². The molecule has 1 N–H and O–H groups in total. The van der Waals surface area contributed by atoms with Crippen LogP contribution in [0.3, 0.4) is 0 Å². The van der Waals surface area contributed by atoms with Crippen molar-refractivity contribution in [1.29, 1.82) is 0 Å². The molecule has 2 aromatic carbocycles. The molecule has 1 atom stereocenters. The van der Waals surface area contributed by atoms with Gasteiger partial charge < -0.3 is 24.3 Å². The van der Waals surface area contributed by atoms with Crippen molar-refractivity contribution >= 4 is 18.0 Å². The number of amides is 1. The van der Waals surface area contributed by atoms with Crippen molar-refractivity contribution in [2.75, 3.05) is 27.9 Å². The molecule has 7 nitrogen and oxygen atoms in total. The van der Waals surface area contributed by atoms with E-state index in [-0.39, 0.29) is 18.9 Å². The van der Waals surface area contributed by atoms with Crippen LogP contribution in [0.2, 0.25) is 0 Å². The van der Waals surface area contributed by atoms with Gasteiger partial charge in [-0.2, -0.15) is 0 Å². The predicted octanol–water partition coefficient (Wildman–Crippen LogP) is 2.90. The summed E-state index contributed by atoms with van der Waals surface area (Å²) in [6.07, 6.45) is 1.76. The molecule has 29 heavy (non-hydrogen) atoms. The van der Waals surface area contributed by atoms with Crippen molar-refractivity contribution in [1.82, 2.24) is 5.32 Å². The summed E-state index contributed by atoms with van der Waals surface area (Å²) in [5.74, 6) is 1.03. The smallest absolute Gasteiger partial charge is 0.307 e. The first-order valence-electron chi connectivity index (χ1n) is 9.07. The lowest BCUT2D eigenvalue weighted by atomic mass is 10.0. The fourth-order valence-electron chi connectivity index (χ4n) is 3.07. The molecule has 0 radical (unpaired) electrons. The molecule has 2 aromatic rings. The Morgan fingerprint density at radius 1 is 1.07 bits per heavy atom. The third-order valence-electron chi connectivity index (χ3n) is 4.64. The number of ether oxygens (including phenoxy) is 4. The van der Waals surface area contributed by atoms with E-state index in [1.165, 1.54) is 14.2 Å².